The van der Waals surface area contributed by atoms with E-state index in [9.17, 15) is 0 Å². The van der Waals surface area contributed by atoms with Gasteiger partial charge < -0.3 is 0 Å². The van der Waals surface area contributed by atoms with Crippen molar-refractivity contribution in [3.05, 3.63) is 61.2 Å². The highest BCUT2D eigenvalue weighted by Crippen LogP contribution is 2.03. The van der Waals surface area contributed by atoms with E-state index in [1.54, 1.807) is 0 Å². The fraction of sp³-hybridized carbons (Fsp3) is 0.231. The van der Waals surface area contributed by atoms with Crippen LogP contribution in [0.15, 0.2) is 49.6 Å². The molecule has 0 amide bonds. The van der Waals surface area contributed by atoms with Crippen LogP contribution < -0.4 is 0 Å². The first-order chi connectivity index (χ1) is 6.86. The quantitative estimate of drug-likeness (QED) is 0.617. The number of benzene rings is 1. The van der Waals surface area contributed by atoms with Gasteiger partial charge in [-0.15, -0.1) is 13.2 Å². The lowest BCUT2D eigenvalue weighted by Gasteiger charge is -2.18. The molecule has 0 saturated carbocycles. The van der Waals surface area contributed by atoms with Crippen molar-refractivity contribution in [2.24, 2.45) is 0 Å². The molecule has 0 atom stereocenters. The van der Waals surface area contributed by atoms with Crippen molar-refractivity contribution >= 4 is 0 Å². The summed E-state index contributed by atoms with van der Waals surface area (Å²) in [4.78, 5) is 2.26. The van der Waals surface area contributed by atoms with E-state index in [2.05, 4.69) is 30.2 Å². The van der Waals surface area contributed by atoms with Crippen LogP contribution in [-0.4, -0.2) is 18.0 Å². The molecule has 1 heteroatoms. The molecule has 0 N–H and O–H groups in total. The van der Waals surface area contributed by atoms with E-state index in [0.717, 1.165) is 19.6 Å². The fourth-order valence-electron chi connectivity index (χ4n) is 1.34. The van der Waals surface area contributed by atoms with Gasteiger partial charge in [-0.05, 0) is 11.6 Å². The van der Waals surface area contributed by atoms with Gasteiger partial charge in [0, 0.05) is 19.6 Å². The van der Waals surface area contributed by atoms with Crippen LogP contribution in [0.3, 0.4) is 0 Å². The standard InChI is InChI=1S/C13H16N/c1-3-10-14(11-4-2)12-13-8-6-5-7-9-13/h3-8H,1-2,10-12H2. The molecule has 1 aromatic rings. The fourth-order valence-corrected chi connectivity index (χ4v) is 1.34. The summed E-state index contributed by atoms with van der Waals surface area (Å²) in [5, 5.41) is 0. The summed E-state index contributed by atoms with van der Waals surface area (Å²) < 4.78 is 0. The molecule has 0 heterocycles. The molecule has 0 aliphatic carbocycles. The maximum atomic E-state index is 3.74. The molecule has 0 fully saturated rings. The minimum Gasteiger partial charge on any atom is -0.292 e. The SMILES string of the molecule is C=CCN(CC=C)Cc1[c]cccc1. The molecule has 0 aromatic heterocycles. The zero-order chi connectivity index (χ0) is 10.2. The average Bonchev–Trinajstić information content (AvgIpc) is 2.20. The molecule has 0 aliphatic heterocycles. The third-order valence-electron chi connectivity index (χ3n) is 1.94. The Balaban J connectivity index is 2.54. The van der Waals surface area contributed by atoms with E-state index in [1.807, 2.05) is 30.4 Å². The van der Waals surface area contributed by atoms with Crippen LogP contribution in [0.5, 0.6) is 0 Å². The molecule has 0 saturated heterocycles. The lowest BCUT2D eigenvalue weighted by Crippen LogP contribution is -2.23. The van der Waals surface area contributed by atoms with Gasteiger partial charge in [-0.1, -0.05) is 36.4 Å². The molecule has 1 aromatic carbocycles. The van der Waals surface area contributed by atoms with Gasteiger partial charge in [0.2, 0.25) is 0 Å². The Kier molecular flexibility index (Phi) is 4.73. The lowest BCUT2D eigenvalue weighted by molar-refractivity contribution is 0.327. The zero-order valence-electron chi connectivity index (χ0n) is 8.45. The zero-order valence-corrected chi connectivity index (χ0v) is 8.45. The minimum absolute atomic E-state index is 0.884. The van der Waals surface area contributed by atoms with Gasteiger partial charge in [-0.25, -0.2) is 0 Å². The van der Waals surface area contributed by atoms with Crippen LogP contribution in [0, 0.1) is 6.07 Å². The first-order valence-corrected chi connectivity index (χ1v) is 4.76. The number of nitrogens with zero attached hydrogens (tertiary/aromatic N) is 1. The maximum Gasteiger partial charge on any atom is 0.0246 e. The molecule has 73 valence electrons. The van der Waals surface area contributed by atoms with E-state index in [0.29, 0.717) is 0 Å². The van der Waals surface area contributed by atoms with Crippen molar-refractivity contribution in [3.8, 4) is 0 Å². The second-order valence-corrected chi connectivity index (χ2v) is 3.16. The van der Waals surface area contributed by atoms with E-state index in [-0.39, 0.29) is 0 Å². The van der Waals surface area contributed by atoms with Crippen molar-refractivity contribution in [1.82, 2.24) is 4.90 Å². The Morgan fingerprint density at radius 3 is 2.43 bits per heavy atom. The molecule has 0 bridgehead atoms. The van der Waals surface area contributed by atoms with Crippen LogP contribution >= 0.6 is 0 Å². The number of hydrogen-bond donors (Lipinski definition) is 0. The maximum absolute atomic E-state index is 3.74. The van der Waals surface area contributed by atoms with Crippen LogP contribution in [0.4, 0.5) is 0 Å². The molecular formula is C13H16N. The van der Waals surface area contributed by atoms with E-state index >= 15 is 0 Å². The number of hydrogen-bond acceptors (Lipinski definition) is 1. The average molecular weight is 186 g/mol. The van der Waals surface area contributed by atoms with Gasteiger partial charge in [-0.3, -0.25) is 4.90 Å². The van der Waals surface area contributed by atoms with Crippen molar-refractivity contribution in [3.63, 3.8) is 0 Å². The van der Waals surface area contributed by atoms with Gasteiger partial charge in [0.05, 0.1) is 0 Å². The van der Waals surface area contributed by atoms with Crippen LogP contribution in [0.25, 0.3) is 0 Å². The Morgan fingerprint density at radius 1 is 1.21 bits per heavy atom. The predicted octanol–water partition coefficient (Wildman–Crippen LogP) is 2.66. The van der Waals surface area contributed by atoms with Crippen LogP contribution in [0.1, 0.15) is 5.56 Å². The summed E-state index contributed by atoms with van der Waals surface area (Å²) in [6, 6.07) is 11.2. The van der Waals surface area contributed by atoms with Crippen LogP contribution in [0.2, 0.25) is 0 Å². The number of rotatable bonds is 6. The van der Waals surface area contributed by atoms with Gasteiger partial charge in [-0.2, -0.15) is 0 Å². The molecule has 0 spiro atoms. The van der Waals surface area contributed by atoms with Crippen molar-refractivity contribution < 1.29 is 0 Å². The Hall–Kier alpha value is -1.34. The molecule has 1 rings (SSSR count). The Bertz CT molecular complexity index is 267. The molecule has 14 heavy (non-hydrogen) atoms. The second-order valence-electron chi connectivity index (χ2n) is 3.16. The highest BCUT2D eigenvalue weighted by atomic mass is 15.1. The van der Waals surface area contributed by atoms with Crippen molar-refractivity contribution in [1.29, 1.82) is 0 Å². The minimum atomic E-state index is 0.884. The summed E-state index contributed by atoms with van der Waals surface area (Å²) in [6.45, 7) is 10.1. The molecule has 0 aliphatic rings. The molecule has 1 radical (unpaired) electrons. The summed E-state index contributed by atoms with van der Waals surface area (Å²) in [5.74, 6) is 0. The molecule has 1 nitrogen and oxygen atoms in total. The Labute approximate surface area is 86.4 Å². The topological polar surface area (TPSA) is 3.24 Å². The second kappa shape index (κ2) is 6.17. The summed E-state index contributed by atoms with van der Waals surface area (Å²) in [6.07, 6.45) is 3.82. The summed E-state index contributed by atoms with van der Waals surface area (Å²) in [5.41, 5.74) is 1.20. The summed E-state index contributed by atoms with van der Waals surface area (Å²) in [7, 11) is 0. The van der Waals surface area contributed by atoms with E-state index in [4.69, 9.17) is 0 Å². The first-order valence-electron chi connectivity index (χ1n) is 4.76. The van der Waals surface area contributed by atoms with Gasteiger partial charge >= 0.3 is 0 Å². The van der Waals surface area contributed by atoms with Gasteiger partial charge in [0.1, 0.15) is 0 Å². The lowest BCUT2D eigenvalue weighted by atomic mass is 10.2. The molecule has 0 unspecified atom stereocenters. The van der Waals surface area contributed by atoms with Crippen LogP contribution in [-0.2, 0) is 6.54 Å². The van der Waals surface area contributed by atoms with Gasteiger partial charge in [0.25, 0.3) is 0 Å². The normalized spacial score (nSPS) is 10.1. The van der Waals surface area contributed by atoms with Crippen molar-refractivity contribution in [2.45, 2.75) is 6.54 Å². The molecular weight excluding hydrogens is 170 g/mol. The summed E-state index contributed by atoms with van der Waals surface area (Å²) >= 11 is 0. The van der Waals surface area contributed by atoms with Crippen molar-refractivity contribution in [2.75, 3.05) is 13.1 Å². The monoisotopic (exact) mass is 186 g/mol. The predicted molar refractivity (Wildman–Crippen MR) is 60.9 cm³/mol. The smallest absolute Gasteiger partial charge is 0.0246 e. The highest BCUT2D eigenvalue weighted by molar-refractivity contribution is 5.13. The third-order valence-corrected chi connectivity index (χ3v) is 1.94. The van der Waals surface area contributed by atoms with Gasteiger partial charge in [0.15, 0.2) is 0 Å². The highest BCUT2D eigenvalue weighted by Gasteiger charge is 2.00. The largest absolute Gasteiger partial charge is 0.292 e. The van der Waals surface area contributed by atoms with E-state index < -0.39 is 0 Å². The first kappa shape index (κ1) is 10.7. The third kappa shape index (κ3) is 3.58. The Morgan fingerprint density at radius 2 is 1.93 bits per heavy atom. The van der Waals surface area contributed by atoms with E-state index in [1.165, 1.54) is 5.56 Å².